The number of pyridine rings is 1. The minimum absolute atomic E-state index is 0.140. The zero-order valence-corrected chi connectivity index (χ0v) is 11.6. The minimum Gasteiger partial charge on any atom is -0.467 e. The molecule has 2 rings (SSSR count). The van der Waals surface area contributed by atoms with Crippen molar-refractivity contribution in [3.8, 4) is 11.9 Å². The molecule has 1 aromatic carbocycles. The van der Waals surface area contributed by atoms with Crippen molar-refractivity contribution >= 4 is 11.6 Å². The van der Waals surface area contributed by atoms with Gasteiger partial charge in [-0.3, -0.25) is 4.79 Å². The van der Waals surface area contributed by atoms with Gasteiger partial charge in [0.2, 0.25) is 5.88 Å². The van der Waals surface area contributed by atoms with E-state index in [0.29, 0.717) is 11.3 Å². The van der Waals surface area contributed by atoms with Gasteiger partial charge < -0.3 is 10.1 Å². The minimum atomic E-state index is -4.54. The first kappa shape index (κ1) is 16.3. The summed E-state index contributed by atoms with van der Waals surface area (Å²) >= 11 is 0. The molecule has 1 aromatic heterocycles. The second-order valence-corrected chi connectivity index (χ2v) is 4.41. The van der Waals surface area contributed by atoms with Gasteiger partial charge in [-0.1, -0.05) is 6.07 Å². The molecule has 0 saturated heterocycles. The van der Waals surface area contributed by atoms with Crippen molar-refractivity contribution < 1.29 is 22.7 Å². The Balaban J connectivity index is 2.17. The lowest BCUT2D eigenvalue weighted by atomic mass is 10.2. The summed E-state index contributed by atoms with van der Waals surface area (Å²) in [6.07, 6.45) is -3.31. The summed E-state index contributed by atoms with van der Waals surface area (Å²) in [6.45, 7) is -1.55. The van der Waals surface area contributed by atoms with Gasteiger partial charge in [0.25, 0.3) is 5.91 Å². The van der Waals surface area contributed by atoms with E-state index >= 15 is 0 Å². The van der Waals surface area contributed by atoms with E-state index in [-0.39, 0.29) is 5.56 Å². The third kappa shape index (κ3) is 4.71. The topological polar surface area (TPSA) is 75.0 Å². The van der Waals surface area contributed by atoms with Crippen LogP contribution in [0.5, 0.6) is 5.88 Å². The molecular weight excluding hydrogens is 311 g/mol. The summed E-state index contributed by atoms with van der Waals surface area (Å²) in [7, 11) is 0. The second-order valence-electron chi connectivity index (χ2n) is 4.41. The molecule has 5 nitrogen and oxygen atoms in total. The number of ether oxygens (including phenoxy) is 1. The molecule has 0 unspecified atom stereocenters. The van der Waals surface area contributed by atoms with E-state index < -0.39 is 24.6 Å². The van der Waals surface area contributed by atoms with Gasteiger partial charge in [0.1, 0.15) is 5.56 Å². The number of nitriles is 1. The SMILES string of the molecule is N#Cc1cccc(NC(=O)c2cccnc2OCC(F)(F)F)c1. The second kappa shape index (κ2) is 6.79. The number of halogens is 3. The fourth-order valence-corrected chi connectivity index (χ4v) is 1.69. The Morgan fingerprint density at radius 3 is 2.78 bits per heavy atom. The van der Waals surface area contributed by atoms with Gasteiger partial charge in [0.15, 0.2) is 6.61 Å². The van der Waals surface area contributed by atoms with Crippen molar-refractivity contribution in [3.05, 3.63) is 53.7 Å². The quantitative estimate of drug-likeness (QED) is 0.938. The molecule has 0 fully saturated rings. The molecule has 1 N–H and O–H groups in total. The lowest BCUT2D eigenvalue weighted by Gasteiger charge is -2.12. The third-order valence-corrected chi connectivity index (χ3v) is 2.64. The molecule has 0 radical (unpaired) electrons. The highest BCUT2D eigenvalue weighted by molar-refractivity contribution is 6.05. The highest BCUT2D eigenvalue weighted by atomic mass is 19.4. The monoisotopic (exact) mass is 321 g/mol. The highest BCUT2D eigenvalue weighted by Gasteiger charge is 2.29. The number of carbonyl (C=O) groups is 1. The summed E-state index contributed by atoms with van der Waals surface area (Å²) in [5, 5.41) is 11.3. The molecule has 0 atom stereocenters. The lowest BCUT2D eigenvalue weighted by Crippen LogP contribution is -2.22. The van der Waals surface area contributed by atoms with Crippen molar-refractivity contribution in [1.29, 1.82) is 5.26 Å². The molecule has 0 aliphatic carbocycles. The van der Waals surface area contributed by atoms with Crippen LogP contribution in [0.15, 0.2) is 42.6 Å². The van der Waals surface area contributed by atoms with Crippen LogP contribution in [0.25, 0.3) is 0 Å². The van der Waals surface area contributed by atoms with Gasteiger partial charge in [-0.15, -0.1) is 0 Å². The molecule has 0 saturated carbocycles. The number of hydrogen-bond acceptors (Lipinski definition) is 4. The van der Waals surface area contributed by atoms with Crippen LogP contribution in [0.3, 0.4) is 0 Å². The summed E-state index contributed by atoms with van der Waals surface area (Å²) in [4.78, 5) is 15.8. The fraction of sp³-hybridized carbons (Fsp3) is 0.133. The number of hydrogen-bond donors (Lipinski definition) is 1. The summed E-state index contributed by atoms with van der Waals surface area (Å²) in [5.74, 6) is -1.11. The van der Waals surface area contributed by atoms with E-state index in [2.05, 4.69) is 15.0 Å². The highest BCUT2D eigenvalue weighted by Crippen LogP contribution is 2.21. The number of nitrogens with zero attached hydrogens (tertiary/aromatic N) is 2. The average Bonchev–Trinajstić information content (AvgIpc) is 2.52. The van der Waals surface area contributed by atoms with Crippen LogP contribution in [0.1, 0.15) is 15.9 Å². The van der Waals surface area contributed by atoms with Crippen LogP contribution in [-0.4, -0.2) is 23.7 Å². The first-order chi connectivity index (χ1) is 10.9. The number of carbonyl (C=O) groups excluding carboxylic acids is 1. The Hall–Kier alpha value is -3.08. The maximum absolute atomic E-state index is 12.2. The first-order valence-electron chi connectivity index (χ1n) is 6.35. The number of rotatable bonds is 4. The van der Waals surface area contributed by atoms with Crippen LogP contribution in [0, 0.1) is 11.3 Å². The van der Waals surface area contributed by atoms with E-state index in [9.17, 15) is 18.0 Å². The standard InChI is InChI=1S/C15H10F3N3O2/c16-15(17,18)9-23-14-12(5-2-6-20-14)13(22)21-11-4-1-3-10(7-11)8-19/h1-7H,9H2,(H,21,22). The zero-order chi connectivity index (χ0) is 16.9. The predicted molar refractivity (Wildman–Crippen MR) is 74.9 cm³/mol. The van der Waals surface area contributed by atoms with E-state index in [1.165, 1.54) is 24.4 Å². The Morgan fingerprint density at radius 2 is 2.09 bits per heavy atom. The van der Waals surface area contributed by atoms with E-state index in [1.807, 2.05) is 6.07 Å². The predicted octanol–water partition coefficient (Wildman–Crippen LogP) is 3.15. The van der Waals surface area contributed by atoms with E-state index in [0.717, 1.165) is 0 Å². The van der Waals surface area contributed by atoms with Gasteiger partial charge in [-0.25, -0.2) is 4.98 Å². The van der Waals surface area contributed by atoms with Gasteiger partial charge >= 0.3 is 6.18 Å². The van der Waals surface area contributed by atoms with Crippen molar-refractivity contribution in [2.24, 2.45) is 0 Å². The largest absolute Gasteiger partial charge is 0.467 e. The molecular formula is C15H10F3N3O2. The Morgan fingerprint density at radius 1 is 1.30 bits per heavy atom. The number of aromatic nitrogens is 1. The molecule has 118 valence electrons. The first-order valence-corrected chi connectivity index (χ1v) is 6.35. The van der Waals surface area contributed by atoms with Crippen LogP contribution in [-0.2, 0) is 0 Å². The van der Waals surface area contributed by atoms with Gasteiger partial charge in [-0.05, 0) is 30.3 Å². The van der Waals surface area contributed by atoms with Gasteiger partial charge in [0.05, 0.1) is 11.6 Å². The van der Waals surface area contributed by atoms with E-state index in [4.69, 9.17) is 5.26 Å². The number of anilines is 1. The van der Waals surface area contributed by atoms with Crippen LogP contribution in [0.2, 0.25) is 0 Å². The van der Waals surface area contributed by atoms with Crippen molar-refractivity contribution in [3.63, 3.8) is 0 Å². The van der Waals surface area contributed by atoms with Gasteiger partial charge in [0, 0.05) is 11.9 Å². The molecule has 0 spiro atoms. The number of amides is 1. The van der Waals surface area contributed by atoms with Crippen molar-refractivity contribution in [2.75, 3.05) is 11.9 Å². The lowest BCUT2D eigenvalue weighted by molar-refractivity contribution is -0.154. The fourth-order valence-electron chi connectivity index (χ4n) is 1.69. The molecule has 23 heavy (non-hydrogen) atoms. The normalized spacial score (nSPS) is 10.7. The molecule has 0 bridgehead atoms. The molecule has 0 aliphatic heterocycles. The third-order valence-electron chi connectivity index (χ3n) is 2.64. The van der Waals surface area contributed by atoms with Crippen molar-refractivity contribution in [2.45, 2.75) is 6.18 Å². The maximum atomic E-state index is 12.2. The zero-order valence-electron chi connectivity index (χ0n) is 11.6. The van der Waals surface area contributed by atoms with Crippen LogP contribution < -0.4 is 10.1 Å². The van der Waals surface area contributed by atoms with Crippen LogP contribution >= 0.6 is 0 Å². The molecule has 1 amide bonds. The molecule has 8 heteroatoms. The van der Waals surface area contributed by atoms with Crippen LogP contribution in [0.4, 0.5) is 18.9 Å². The smallest absolute Gasteiger partial charge is 0.422 e. The molecule has 2 aromatic rings. The summed E-state index contributed by atoms with van der Waals surface area (Å²) in [5.41, 5.74) is 0.529. The Bertz CT molecular complexity index is 754. The van der Waals surface area contributed by atoms with Crippen molar-refractivity contribution in [1.82, 2.24) is 4.98 Å². The summed E-state index contributed by atoms with van der Waals surface area (Å²) in [6, 6.07) is 10.7. The van der Waals surface area contributed by atoms with Gasteiger partial charge in [-0.2, -0.15) is 18.4 Å². The number of alkyl halides is 3. The summed E-state index contributed by atoms with van der Waals surface area (Å²) < 4.78 is 41.2. The Kier molecular flexibility index (Phi) is 4.81. The number of benzene rings is 1. The average molecular weight is 321 g/mol. The number of nitrogens with one attached hydrogen (secondary N) is 1. The van der Waals surface area contributed by atoms with E-state index in [1.54, 1.807) is 18.2 Å². The molecule has 1 heterocycles. The Labute approximate surface area is 129 Å². The molecule has 0 aliphatic rings. The maximum Gasteiger partial charge on any atom is 0.422 e.